The van der Waals surface area contributed by atoms with E-state index in [-0.39, 0.29) is 0 Å². The van der Waals surface area contributed by atoms with Crippen molar-refractivity contribution in [3.63, 3.8) is 0 Å². The number of ether oxygens (including phenoxy) is 1. The van der Waals surface area contributed by atoms with Crippen LogP contribution in [0.3, 0.4) is 0 Å². The summed E-state index contributed by atoms with van der Waals surface area (Å²) in [6.45, 7) is 0.937. The second kappa shape index (κ2) is 4.77. The molecule has 0 aromatic carbocycles. The lowest BCUT2D eigenvalue weighted by atomic mass is 10.3. The van der Waals surface area contributed by atoms with Crippen LogP contribution >= 0.6 is 39.0 Å². The molecule has 0 amide bonds. The van der Waals surface area contributed by atoms with Gasteiger partial charge in [-0.15, -0.1) is 11.3 Å². The van der Waals surface area contributed by atoms with Gasteiger partial charge in [0.1, 0.15) is 4.60 Å². The van der Waals surface area contributed by atoms with Crippen LogP contribution in [0.25, 0.3) is 0 Å². The van der Waals surface area contributed by atoms with Gasteiger partial charge in [-0.25, -0.2) is 4.98 Å². The quantitative estimate of drug-likeness (QED) is 0.794. The lowest BCUT2D eigenvalue weighted by Gasteiger charge is -2.05. The molecule has 1 aliphatic heterocycles. The maximum Gasteiger partial charge on any atom is 0.151 e. The molecular weight excluding hydrogens is 270 g/mol. The van der Waals surface area contributed by atoms with Gasteiger partial charge in [0.15, 0.2) is 4.34 Å². The predicted molar refractivity (Wildman–Crippen MR) is 59.5 cm³/mol. The number of nitrogens with zero attached hydrogens (tertiary/aromatic N) is 1. The topological polar surface area (TPSA) is 22.1 Å². The Hall–Kier alpha value is 0.420. The number of thiazole rings is 1. The Morgan fingerprint density at radius 2 is 2.69 bits per heavy atom. The third kappa shape index (κ3) is 2.94. The fourth-order valence-electron chi connectivity index (χ4n) is 1.25. The van der Waals surface area contributed by atoms with E-state index in [1.165, 1.54) is 12.8 Å². The van der Waals surface area contributed by atoms with Crippen molar-refractivity contribution in [2.24, 2.45) is 0 Å². The van der Waals surface area contributed by atoms with Crippen molar-refractivity contribution < 1.29 is 4.74 Å². The van der Waals surface area contributed by atoms with E-state index in [1.54, 1.807) is 23.1 Å². The second-order valence-electron chi connectivity index (χ2n) is 2.88. The molecule has 72 valence electrons. The molecule has 1 unspecified atom stereocenters. The summed E-state index contributed by atoms with van der Waals surface area (Å²) in [5, 5.41) is 2.01. The molecule has 0 radical (unpaired) electrons. The van der Waals surface area contributed by atoms with Gasteiger partial charge >= 0.3 is 0 Å². The number of hydrogen-bond donors (Lipinski definition) is 0. The fourth-order valence-corrected chi connectivity index (χ4v) is 3.71. The smallest absolute Gasteiger partial charge is 0.151 e. The third-order valence-electron chi connectivity index (χ3n) is 1.87. The van der Waals surface area contributed by atoms with Crippen LogP contribution in [0.2, 0.25) is 0 Å². The van der Waals surface area contributed by atoms with Crippen LogP contribution in [0.1, 0.15) is 12.8 Å². The molecule has 0 aliphatic carbocycles. The summed E-state index contributed by atoms with van der Waals surface area (Å²) in [7, 11) is 0. The van der Waals surface area contributed by atoms with Crippen LogP contribution in [0, 0.1) is 0 Å². The van der Waals surface area contributed by atoms with Gasteiger partial charge in [-0.05, 0) is 28.8 Å². The molecule has 1 fully saturated rings. The van der Waals surface area contributed by atoms with Gasteiger partial charge < -0.3 is 4.74 Å². The van der Waals surface area contributed by atoms with Crippen LogP contribution < -0.4 is 0 Å². The van der Waals surface area contributed by atoms with E-state index in [9.17, 15) is 0 Å². The first-order valence-corrected chi connectivity index (χ1v) is 6.86. The summed E-state index contributed by atoms with van der Waals surface area (Å²) in [6, 6.07) is 0. The molecule has 0 bridgehead atoms. The zero-order valence-electron chi connectivity index (χ0n) is 7.03. The zero-order chi connectivity index (χ0) is 9.10. The number of thioether (sulfide) groups is 1. The van der Waals surface area contributed by atoms with E-state index >= 15 is 0 Å². The number of halogens is 1. The Morgan fingerprint density at radius 1 is 1.77 bits per heavy atom. The normalized spacial score (nSPS) is 22.4. The van der Waals surface area contributed by atoms with E-state index in [0.29, 0.717) is 6.10 Å². The Morgan fingerprint density at radius 3 is 3.31 bits per heavy atom. The molecule has 0 saturated carbocycles. The second-order valence-corrected chi connectivity index (χ2v) is 5.82. The standard InChI is InChI=1S/C8H10BrNOS2/c9-7-5-13-8(10-7)12-4-6-2-1-3-11-6/h5-6H,1-4H2. The van der Waals surface area contributed by atoms with E-state index in [4.69, 9.17) is 4.74 Å². The first-order chi connectivity index (χ1) is 6.34. The third-order valence-corrected chi connectivity index (χ3v) is 4.73. The van der Waals surface area contributed by atoms with Gasteiger partial charge in [0, 0.05) is 17.7 Å². The Kier molecular flexibility index (Phi) is 3.66. The minimum Gasteiger partial charge on any atom is -0.377 e. The summed E-state index contributed by atoms with van der Waals surface area (Å²) >= 11 is 6.81. The summed E-state index contributed by atoms with van der Waals surface area (Å²) < 4.78 is 7.59. The molecule has 1 aliphatic rings. The highest BCUT2D eigenvalue weighted by molar-refractivity contribution is 9.10. The van der Waals surface area contributed by atoms with E-state index in [1.807, 2.05) is 5.38 Å². The SMILES string of the molecule is Brc1csc(SCC2CCCO2)n1. The van der Waals surface area contributed by atoms with Gasteiger partial charge in [0.05, 0.1) is 6.10 Å². The highest BCUT2D eigenvalue weighted by atomic mass is 79.9. The zero-order valence-corrected chi connectivity index (χ0v) is 10.3. The number of rotatable bonds is 3. The molecule has 2 nitrogen and oxygen atoms in total. The van der Waals surface area contributed by atoms with Crippen molar-refractivity contribution in [3.05, 3.63) is 9.98 Å². The van der Waals surface area contributed by atoms with Gasteiger partial charge in [-0.1, -0.05) is 11.8 Å². The van der Waals surface area contributed by atoms with Crippen LogP contribution in [0.4, 0.5) is 0 Å². The molecule has 5 heteroatoms. The lowest BCUT2D eigenvalue weighted by Crippen LogP contribution is -2.07. The summed E-state index contributed by atoms with van der Waals surface area (Å²) in [6.07, 6.45) is 2.87. The minimum absolute atomic E-state index is 0.452. The fraction of sp³-hybridized carbons (Fsp3) is 0.625. The first kappa shape index (κ1) is 9.96. The van der Waals surface area contributed by atoms with Crippen molar-refractivity contribution in [3.8, 4) is 0 Å². The van der Waals surface area contributed by atoms with Crippen molar-refractivity contribution >= 4 is 39.0 Å². The monoisotopic (exact) mass is 279 g/mol. The molecular formula is C8H10BrNOS2. The van der Waals surface area contributed by atoms with Gasteiger partial charge in [-0.2, -0.15) is 0 Å². The first-order valence-electron chi connectivity index (χ1n) is 4.20. The predicted octanol–water partition coefficient (Wildman–Crippen LogP) is 3.18. The van der Waals surface area contributed by atoms with Crippen LogP contribution in [0.15, 0.2) is 14.3 Å². The van der Waals surface area contributed by atoms with Gasteiger partial charge in [-0.3, -0.25) is 0 Å². The van der Waals surface area contributed by atoms with Crippen LogP contribution in [0.5, 0.6) is 0 Å². The minimum atomic E-state index is 0.452. The molecule has 13 heavy (non-hydrogen) atoms. The Balaban J connectivity index is 1.78. The molecule has 2 heterocycles. The van der Waals surface area contributed by atoms with Crippen LogP contribution in [-0.4, -0.2) is 23.4 Å². The van der Waals surface area contributed by atoms with Gasteiger partial charge in [0.25, 0.3) is 0 Å². The summed E-state index contributed by atoms with van der Waals surface area (Å²) in [5.74, 6) is 1.04. The molecule has 1 aromatic rings. The largest absolute Gasteiger partial charge is 0.377 e. The summed E-state index contributed by atoms with van der Waals surface area (Å²) in [4.78, 5) is 4.31. The molecule has 1 saturated heterocycles. The van der Waals surface area contributed by atoms with Crippen molar-refractivity contribution in [1.29, 1.82) is 0 Å². The summed E-state index contributed by atoms with van der Waals surface area (Å²) in [5.41, 5.74) is 0. The van der Waals surface area contributed by atoms with E-state index in [0.717, 1.165) is 21.3 Å². The highest BCUT2D eigenvalue weighted by Gasteiger charge is 2.16. The lowest BCUT2D eigenvalue weighted by molar-refractivity contribution is 0.129. The average molecular weight is 280 g/mol. The van der Waals surface area contributed by atoms with E-state index < -0.39 is 0 Å². The average Bonchev–Trinajstić information content (AvgIpc) is 2.71. The van der Waals surface area contributed by atoms with Crippen molar-refractivity contribution in [2.75, 3.05) is 12.4 Å². The molecule has 2 rings (SSSR count). The maximum absolute atomic E-state index is 5.53. The van der Waals surface area contributed by atoms with Crippen molar-refractivity contribution in [1.82, 2.24) is 4.98 Å². The Bertz CT molecular complexity index is 273. The molecule has 1 atom stereocenters. The number of hydrogen-bond acceptors (Lipinski definition) is 4. The number of aromatic nitrogens is 1. The molecule has 0 N–H and O–H groups in total. The highest BCUT2D eigenvalue weighted by Crippen LogP contribution is 2.27. The Labute approximate surface area is 94.2 Å². The van der Waals surface area contributed by atoms with Crippen LogP contribution in [-0.2, 0) is 4.74 Å². The molecule has 1 aromatic heterocycles. The maximum atomic E-state index is 5.53. The van der Waals surface area contributed by atoms with E-state index in [2.05, 4.69) is 20.9 Å². The molecule has 0 spiro atoms. The van der Waals surface area contributed by atoms with Crippen molar-refractivity contribution in [2.45, 2.75) is 23.3 Å². The van der Waals surface area contributed by atoms with Gasteiger partial charge in [0.2, 0.25) is 0 Å².